The van der Waals surface area contributed by atoms with Gasteiger partial charge in [0.05, 0.1) is 6.04 Å². The number of halogens is 1. The Morgan fingerprint density at radius 1 is 1.09 bits per heavy atom. The fraction of sp³-hybridized carbons (Fsp3) is 0.412. The van der Waals surface area contributed by atoms with E-state index in [0.717, 1.165) is 24.8 Å². The predicted octanol–water partition coefficient (Wildman–Crippen LogP) is 2.61. The Morgan fingerprint density at radius 2 is 1.86 bits per heavy atom. The molecule has 22 heavy (non-hydrogen) atoms. The smallest absolute Gasteiger partial charge is 0.243 e. The molecule has 0 saturated carbocycles. The minimum absolute atomic E-state index is 0.0320. The van der Waals surface area contributed by atoms with Crippen LogP contribution in [0.2, 0.25) is 5.02 Å². The van der Waals surface area contributed by atoms with E-state index in [0.29, 0.717) is 24.4 Å². The van der Waals surface area contributed by atoms with Gasteiger partial charge in [-0.1, -0.05) is 36.2 Å². The lowest BCUT2D eigenvalue weighted by atomic mass is 10.0. The van der Waals surface area contributed by atoms with Gasteiger partial charge < -0.3 is 10.6 Å². The van der Waals surface area contributed by atoms with Crippen LogP contribution in [0.1, 0.15) is 31.2 Å². The number of rotatable bonds is 2. The van der Waals surface area contributed by atoms with E-state index in [1.165, 1.54) is 6.08 Å². The van der Waals surface area contributed by atoms with Gasteiger partial charge in [-0.25, -0.2) is 0 Å². The summed E-state index contributed by atoms with van der Waals surface area (Å²) < 4.78 is 0. The Kier molecular flexibility index (Phi) is 6.46. The Morgan fingerprint density at radius 3 is 2.64 bits per heavy atom. The summed E-state index contributed by atoms with van der Waals surface area (Å²) in [5.74, 6) is -0.0828. The summed E-state index contributed by atoms with van der Waals surface area (Å²) in [6, 6.07) is 7.31. The fourth-order valence-electron chi connectivity index (χ4n) is 2.38. The summed E-state index contributed by atoms with van der Waals surface area (Å²) in [5, 5.41) is 6.51. The van der Waals surface area contributed by atoms with Gasteiger partial charge in [0.2, 0.25) is 11.8 Å². The number of hydrogen-bond acceptors (Lipinski definition) is 2. The van der Waals surface area contributed by atoms with Crippen LogP contribution in [0.4, 0.5) is 0 Å². The Balaban J connectivity index is 2.06. The maximum Gasteiger partial charge on any atom is 0.243 e. The summed E-state index contributed by atoms with van der Waals surface area (Å²) in [7, 11) is 0. The minimum Gasteiger partial charge on any atom is -0.353 e. The van der Waals surface area contributed by atoms with E-state index in [2.05, 4.69) is 10.6 Å². The molecule has 0 unspecified atom stereocenters. The van der Waals surface area contributed by atoms with Gasteiger partial charge in [0, 0.05) is 24.1 Å². The van der Waals surface area contributed by atoms with Crippen molar-refractivity contribution in [3.63, 3.8) is 0 Å². The minimum atomic E-state index is -0.196. The highest BCUT2D eigenvalue weighted by atomic mass is 35.5. The molecule has 0 bridgehead atoms. The second-order valence-corrected chi connectivity index (χ2v) is 5.90. The SMILES string of the molecule is O=C1/C=C/[C@H](Cc2ccc(Cl)cc2)NC(=O)CCCCCN1. The molecule has 1 aromatic carbocycles. The van der Waals surface area contributed by atoms with Gasteiger partial charge in [-0.05, 0) is 37.0 Å². The van der Waals surface area contributed by atoms with Crippen LogP contribution in [-0.2, 0) is 16.0 Å². The van der Waals surface area contributed by atoms with E-state index in [1.807, 2.05) is 24.3 Å². The lowest BCUT2D eigenvalue weighted by Crippen LogP contribution is -2.35. The normalized spacial score (nSPS) is 22.0. The number of hydrogen-bond donors (Lipinski definition) is 2. The standard InChI is InChI=1S/C17H21ClN2O2/c18-14-7-5-13(6-8-14)12-15-9-10-16(21)19-11-3-1-2-4-17(22)20-15/h5-10,15H,1-4,11-12H2,(H,19,21)(H,20,22)/b10-9+/t15-/m1/s1. The summed E-state index contributed by atoms with van der Waals surface area (Å²) >= 11 is 5.88. The van der Waals surface area contributed by atoms with Crippen LogP contribution >= 0.6 is 11.6 Å². The van der Waals surface area contributed by atoms with Crippen molar-refractivity contribution in [2.24, 2.45) is 0 Å². The topological polar surface area (TPSA) is 58.2 Å². The predicted molar refractivity (Wildman–Crippen MR) is 87.7 cm³/mol. The fourth-order valence-corrected chi connectivity index (χ4v) is 2.51. The number of amides is 2. The highest BCUT2D eigenvalue weighted by Gasteiger charge is 2.12. The largest absolute Gasteiger partial charge is 0.353 e. The van der Waals surface area contributed by atoms with Crippen molar-refractivity contribution >= 4 is 23.4 Å². The molecule has 0 radical (unpaired) electrons. The number of carbonyl (C=O) groups excluding carboxylic acids is 2. The average molecular weight is 321 g/mol. The number of benzene rings is 1. The Hall–Kier alpha value is -1.81. The second-order valence-electron chi connectivity index (χ2n) is 5.47. The van der Waals surface area contributed by atoms with Gasteiger partial charge in [-0.2, -0.15) is 0 Å². The van der Waals surface area contributed by atoms with Gasteiger partial charge in [-0.15, -0.1) is 0 Å². The van der Waals surface area contributed by atoms with E-state index >= 15 is 0 Å². The van der Waals surface area contributed by atoms with Crippen LogP contribution in [-0.4, -0.2) is 24.4 Å². The molecule has 5 heteroatoms. The third-order valence-electron chi connectivity index (χ3n) is 3.58. The first-order valence-electron chi connectivity index (χ1n) is 7.63. The lowest BCUT2D eigenvalue weighted by Gasteiger charge is -2.16. The van der Waals surface area contributed by atoms with Crippen LogP contribution in [0.3, 0.4) is 0 Å². The first-order valence-corrected chi connectivity index (χ1v) is 8.01. The number of carbonyl (C=O) groups is 2. The van der Waals surface area contributed by atoms with E-state index in [4.69, 9.17) is 11.6 Å². The van der Waals surface area contributed by atoms with Crippen LogP contribution in [0, 0.1) is 0 Å². The Labute approximate surface area is 135 Å². The quantitative estimate of drug-likeness (QED) is 0.880. The molecule has 2 rings (SSSR count). The van der Waals surface area contributed by atoms with E-state index in [1.54, 1.807) is 6.08 Å². The van der Waals surface area contributed by atoms with Gasteiger partial charge in [0.25, 0.3) is 0 Å². The molecule has 0 aromatic heterocycles. The van der Waals surface area contributed by atoms with Crippen molar-refractivity contribution in [2.75, 3.05) is 6.54 Å². The molecule has 1 atom stereocenters. The molecule has 0 spiro atoms. The first kappa shape index (κ1) is 16.6. The highest BCUT2D eigenvalue weighted by Crippen LogP contribution is 2.12. The zero-order valence-electron chi connectivity index (χ0n) is 12.5. The summed E-state index contributed by atoms with van der Waals surface area (Å²) in [5.41, 5.74) is 1.06. The van der Waals surface area contributed by atoms with Crippen molar-refractivity contribution in [1.29, 1.82) is 0 Å². The van der Waals surface area contributed by atoms with E-state index in [9.17, 15) is 9.59 Å². The molecule has 0 fully saturated rings. The first-order chi connectivity index (χ1) is 10.6. The van der Waals surface area contributed by atoms with Crippen molar-refractivity contribution in [2.45, 2.75) is 38.1 Å². The molecule has 0 aliphatic carbocycles. The average Bonchev–Trinajstić information content (AvgIpc) is 2.49. The maximum atomic E-state index is 12.0. The Bertz CT molecular complexity index is 540. The molecule has 1 aliphatic rings. The molecule has 0 saturated heterocycles. The summed E-state index contributed by atoms with van der Waals surface area (Å²) in [6.45, 7) is 0.659. The third kappa shape index (κ3) is 5.90. The van der Waals surface area contributed by atoms with E-state index in [-0.39, 0.29) is 17.9 Å². The van der Waals surface area contributed by atoms with Gasteiger partial charge in [-0.3, -0.25) is 9.59 Å². The van der Waals surface area contributed by atoms with Crippen LogP contribution in [0.15, 0.2) is 36.4 Å². The molecule has 2 N–H and O–H groups in total. The second kappa shape index (κ2) is 8.59. The maximum absolute atomic E-state index is 12.0. The lowest BCUT2D eigenvalue weighted by molar-refractivity contribution is -0.122. The van der Waals surface area contributed by atoms with Crippen molar-refractivity contribution in [3.8, 4) is 0 Å². The van der Waals surface area contributed by atoms with Gasteiger partial charge in [0.15, 0.2) is 0 Å². The molecule has 1 aromatic rings. The third-order valence-corrected chi connectivity index (χ3v) is 3.83. The van der Waals surface area contributed by atoms with Crippen LogP contribution < -0.4 is 10.6 Å². The van der Waals surface area contributed by atoms with Gasteiger partial charge >= 0.3 is 0 Å². The zero-order valence-corrected chi connectivity index (χ0v) is 13.2. The van der Waals surface area contributed by atoms with Crippen molar-refractivity contribution in [1.82, 2.24) is 10.6 Å². The molecular formula is C17H21ClN2O2. The molecule has 1 aliphatic heterocycles. The van der Waals surface area contributed by atoms with Gasteiger partial charge in [0.1, 0.15) is 0 Å². The highest BCUT2D eigenvalue weighted by molar-refractivity contribution is 6.30. The number of nitrogens with one attached hydrogen (secondary N) is 2. The molecule has 1 heterocycles. The van der Waals surface area contributed by atoms with Crippen LogP contribution in [0.5, 0.6) is 0 Å². The van der Waals surface area contributed by atoms with Crippen molar-refractivity contribution in [3.05, 3.63) is 47.0 Å². The molecule has 118 valence electrons. The zero-order chi connectivity index (χ0) is 15.8. The summed E-state index contributed by atoms with van der Waals surface area (Å²) in [6.07, 6.45) is 7.11. The molecule has 2 amide bonds. The molecular weight excluding hydrogens is 300 g/mol. The van der Waals surface area contributed by atoms with E-state index < -0.39 is 0 Å². The summed E-state index contributed by atoms with van der Waals surface area (Å²) in [4.78, 5) is 23.7. The monoisotopic (exact) mass is 320 g/mol. The molecule has 4 nitrogen and oxygen atoms in total. The van der Waals surface area contributed by atoms with Crippen LogP contribution in [0.25, 0.3) is 0 Å². The van der Waals surface area contributed by atoms with Crippen molar-refractivity contribution < 1.29 is 9.59 Å².